The second kappa shape index (κ2) is 7.34. The number of rotatable bonds is 7. The molecule has 1 atom stereocenters. The van der Waals surface area contributed by atoms with E-state index in [2.05, 4.69) is 17.6 Å². The fourth-order valence-electron chi connectivity index (χ4n) is 2.89. The van der Waals surface area contributed by atoms with Gasteiger partial charge in [-0.15, -0.1) is 12.4 Å². The molecule has 0 radical (unpaired) electrons. The van der Waals surface area contributed by atoms with Crippen molar-refractivity contribution < 1.29 is 4.79 Å². The highest BCUT2D eigenvalue weighted by atomic mass is 35.5. The van der Waals surface area contributed by atoms with Gasteiger partial charge in [-0.25, -0.2) is 0 Å². The van der Waals surface area contributed by atoms with Crippen LogP contribution in [0.1, 0.15) is 51.9 Å². The van der Waals surface area contributed by atoms with Crippen LogP contribution in [0.4, 0.5) is 0 Å². The highest BCUT2D eigenvalue weighted by Crippen LogP contribution is 2.48. The lowest BCUT2D eigenvalue weighted by Crippen LogP contribution is -2.30. The number of hydrogen-bond donors (Lipinski definition) is 2. The average molecular weight is 275 g/mol. The summed E-state index contributed by atoms with van der Waals surface area (Å²) >= 11 is 0. The first-order valence-corrected chi connectivity index (χ1v) is 7.21. The van der Waals surface area contributed by atoms with E-state index in [0.29, 0.717) is 11.8 Å². The molecule has 18 heavy (non-hydrogen) atoms. The molecule has 1 saturated heterocycles. The molecule has 2 N–H and O–H groups in total. The largest absolute Gasteiger partial charge is 0.356 e. The minimum Gasteiger partial charge on any atom is -0.356 e. The standard InChI is InChI=1S/C14H26N2O.ClH/c1-2-6-14(7-8-14)11-16-13(17)4-3-12-5-9-15-10-12;/h12,15H,2-11H2,1H3,(H,16,17);1H. The van der Waals surface area contributed by atoms with Crippen LogP contribution in [0.2, 0.25) is 0 Å². The third-order valence-electron chi connectivity index (χ3n) is 4.34. The monoisotopic (exact) mass is 274 g/mol. The zero-order chi connectivity index (χ0) is 12.1. The number of carbonyl (C=O) groups is 1. The summed E-state index contributed by atoms with van der Waals surface area (Å²) in [5, 5.41) is 6.48. The van der Waals surface area contributed by atoms with Gasteiger partial charge in [-0.05, 0) is 56.5 Å². The van der Waals surface area contributed by atoms with Gasteiger partial charge in [0.1, 0.15) is 0 Å². The van der Waals surface area contributed by atoms with Crippen LogP contribution in [-0.2, 0) is 4.79 Å². The van der Waals surface area contributed by atoms with Crippen LogP contribution in [0.25, 0.3) is 0 Å². The predicted molar refractivity (Wildman–Crippen MR) is 77.0 cm³/mol. The molecule has 2 aliphatic rings. The number of hydrogen-bond acceptors (Lipinski definition) is 2. The van der Waals surface area contributed by atoms with Crippen LogP contribution >= 0.6 is 12.4 Å². The van der Waals surface area contributed by atoms with Crippen molar-refractivity contribution >= 4 is 18.3 Å². The molecule has 0 spiro atoms. The highest BCUT2D eigenvalue weighted by molar-refractivity contribution is 5.85. The molecule has 1 aliphatic heterocycles. The van der Waals surface area contributed by atoms with Crippen LogP contribution < -0.4 is 10.6 Å². The lowest BCUT2D eigenvalue weighted by molar-refractivity contribution is -0.121. The first-order valence-electron chi connectivity index (χ1n) is 7.21. The maximum absolute atomic E-state index is 11.7. The van der Waals surface area contributed by atoms with Crippen molar-refractivity contribution in [2.45, 2.75) is 51.9 Å². The summed E-state index contributed by atoms with van der Waals surface area (Å²) in [6.07, 6.45) is 8.16. The molecule has 4 heteroatoms. The topological polar surface area (TPSA) is 41.1 Å². The predicted octanol–water partition coefficient (Wildman–Crippen LogP) is 2.49. The van der Waals surface area contributed by atoms with Crippen molar-refractivity contribution in [1.82, 2.24) is 10.6 Å². The minimum atomic E-state index is 0. The van der Waals surface area contributed by atoms with E-state index >= 15 is 0 Å². The lowest BCUT2D eigenvalue weighted by atomic mass is 10.00. The summed E-state index contributed by atoms with van der Waals surface area (Å²) < 4.78 is 0. The molecular formula is C14H27ClN2O. The molecule has 0 aromatic carbocycles. The molecule has 1 saturated carbocycles. The van der Waals surface area contributed by atoms with E-state index in [4.69, 9.17) is 0 Å². The van der Waals surface area contributed by atoms with Crippen molar-refractivity contribution in [3.63, 3.8) is 0 Å². The Kier molecular flexibility index (Phi) is 6.44. The first kappa shape index (κ1) is 15.8. The summed E-state index contributed by atoms with van der Waals surface area (Å²) in [7, 11) is 0. The zero-order valence-electron chi connectivity index (χ0n) is 11.5. The van der Waals surface area contributed by atoms with Crippen molar-refractivity contribution in [3.05, 3.63) is 0 Å². The van der Waals surface area contributed by atoms with Crippen LogP contribution in [0.5, 0.6) is 0 Å². The third-order valence-corrected chi connectivity index (χ3v) is 4.34. The maximum Gasteiger partial charge on any atom is 0.220 e. The molecule has 1 amide bonds. The van der Waals surface area contributed by atoms with E-state index in [0.717, 1.165) is 32.0 Å². The summed E-state index contributed by atoms with van der Waals surface area (Å²) in [6, 6.07) is 0. The Hall–Kier alpha value is -0.280. The van der Waals surface area contributed by atoms with Crippen molar-refractivity contribution in [2.24, 2.45) is 11.3 Å². The van der Waals surface area contributed by atoms with Gasteiger partial charge < -0.3 is 10.6 Å². The Morgan fingerprint density at radius 1 is 1.44 bits per heavy atom. The summed E-state index contributed by atoms with van der Waals surface area (Å²) in [5.41, 5.74) is 0.485. The average Bonchev–Trinajstić information content (AvgIpc) is 2.90. The van der Waals surface area contributed by atoms with Gasteiger partial charge in [-0.3, -0.25) is 4.79 Å². The van der Waals surface area contributed by atoms with E-state index in [9.17, 15) is 4.79 Å². The summed E-state index contributed by atoms with van der Waals surface area (Å²) in [6.45, 7) is 5.39. The van der Waals surface area contributed by atoms with Gasteiger partial charge in [0, 0.05) is 13.0 Å². The maximum atomic E-state index is 11.7. The zero-order valence-corrected chi connectivity index (χ0v) is 12.3. The van der Waals surface area contributed by atoms with E-state index in [1.807, 2.05) is 0 Å². The minimum absolute atomic E-state index is 0. The summed E-state index contributed by atoms with van der Waals surface area (Å²) in [5.74, 6) is 0.991. The smallest absolute Gasteiger partial charge is 0.220 e. The van der Waals surface area contributed by atoms with Gasteiger partial charge in [0.25, 0.3) is 0 Å². The van der Waals surface area contributed by atoms with Crippen molar-refractivity contribution in [3.8, 4) is 0 Å². The van der Waals surface area contributed by atoms with Crippen molar-refractivity contribution in [2.75, 3.05) is 19.6 Å². The fourth-order valence-corrected chi connectivity index (χ4v) is 2.89. The third kappa shape index (κ3) is 4.77. The lowest BCUT2D eigenvalue weighted by Gasteiger charge is -2.15. The van der Waals surface area contributed by atoms with Gasteiger partial charge in [0.15, 0.2) is 0 Å². The van der Waals surface area contributed by atoms with E-state index in [-0.39, 0.29) is 18.3 Å². The molecule has 106 valence electrons. The Labute approximate surface area is 117 Å². The quantitative estimate of drug-likeness (QED) is 0.749. The number of amides is 1. The summed E-state index contributed by atoms with van der Waals surface area (Å²) in [4.78, 5) is 11.7. The number of carbonyl (C=O) groups excluding carboxylic acids is 1. The Morgan fingerprint density at radius 3 is 2.78 bits per heavy atom. The first-order chi connectivity index (χ1) is 8.24. The van der Waals surface area contributed by atoms with E-state index < -0.39 is 0 Å². The van der Waals surface area contributed by atoms with Gasteiger partial charge >= 0.3 is 0 Å². The van der Waals surface area contributed by atoms with Gasteiger partial charge in [0.2, 0.25) is 5.91 Å². The van der Waals surface area contributed by atoms with Crippen LogP contribution in [-0.4, -0.2) is 25.5 Å². The highest BCUT2D eigenvalue weighted by Gasteiger charge is 2.41. The van der Waals surface area contributed by atoms with Crippen LogP contribution in [0.15, 0.2) is 0 Å². The van der Waals surface area contributed by atoms with Gasteiger partial charge in [0.05, 0.1) is 0 Å². The van der Waals surface area contributed by atoms with Crippen molar-refractivity contribution in [1.29, 1.82) is 0 Å². The molecule has 2 rings (SSSR count). The fraction of sp³-hybridized carbons (Fsp3) is 0.929. The second-order valence-corrected chi connectivity index (χ2v) is 5.92. The Balaban J connectivity index is 0.00000162. The normalized spacial score (nSPS) is 24.4. The Bertz CT molecular complexity index is 261. The molecule has 3 nitrogen and oxygen atoms in total. The molecular weight excluding hydrogens is 248 g/mol. The molecule has 1 heterocycles. The van der Waals surface area contributed by atoms with Gasteiger partial charge in [-0.1, -0.05) is 13.3 Å². The van der Waals surface area contributed by atoms with E-state index in [1.165, 1.54) is 32.1 Å². The molecule has 0 aromatic rings. The van der Waals surface area contributed by atoms with Crippen LogP contribution in [0.3, 0.4) is 0 Å². The van der Waals surface area contributed by atoms with Crippen LogP contribution in [0, 0.1) is 11.3 Å². The molecule has 1 unspecified atom stereocenters. The molecule has 0 aromatic heterocycles. The van der Waals surface area contributed by atoms with E-state index in [1.54, 1.807) is 0 Å². The molecule has 1 aliphatic carbocycles. The molecule has 0 bridgehead atoms. The molecule has 2 fully saturated rings. The number of nitrogens with one attached hydrogen (secondary N) is 2. The Morgan fingerprint density at radius 2 is 2.22 bits per heavy atom. The number of halogens is 1. The second-order valence-electron chi connectivity index (χ2n) is 5.92. The van der Waals surface area contributed by atoms with Gasteiger partial charge in [-0.2, -0.15) is 0 Å². The SMILES string of the molecule is CCCC1(CNC(=O)CCC2CCNC2)CC1.Cl.